The van der Waals surface area contributed by atoms with E-state index in [-0.39, 0.29) is 23.4 Å². The molecule has 1 saturated heterocycles. The Morgan fingerprint density at radius 1 is 1.30 bits per heavy atom. The van der Waals surface area contributed by atoms with Crippen molar-refractivity contribution < 1.29 is 18.3 Å². The molecule has 1 atom stereocenters. The van der Waals surface area contributed by atoms with E-state index in [1.807, 2.05) is 6.92 Å². The Kier molecular flexibility index (Phi) is 5.91. The molecule has 0 bridgehead atoms. The zero-order chi connectivity index (χ0) is 21.1. The van der Waals surface area contributed by atoms with Crippen LogP contribution in [0, 0.1) is 11.6 Å². The van der Waals surface area contributed by atoms with Gasteiger partial charge in [-0.3, -0.25) is 4.90 Å². The van der Waals surface area contributed by atoms with Crippen LogP contribution >= 0.6 is 11.9 Å². The number of carbonyl (C=O) groups excluding carboxylic acids is 1. The number of amides is 1. The van der Waals surface area contributed by atoms with E-state index < -0.39 is 23.8 Å². The van der Waals surface area contributed by atoms with Gasteiger partial charge in [0.05, 0.1) is 24.3 Å². The van der Waals surface area contributed by atoms with Gasteiger partial charge in [0.1, 0.15) is 30.4 Å². The van der Waals surface area contributed by atoms with Crippen molar-refractivity contribution in [2.45, 2.75) is 13.0 Å². The molecule has 1 amide bonds. The predicted octanol–water partition coefficient (Wildman–Crippen LogP) is 3.21. The Bertz CT molecular complexity index is 1010. The highest BCUT2D eigenvalue weighted by Crippen LogP contribution is 2.32. The van der Waals surface area contributed by atoms with E-state index >= 15 is 0 Å². The topological polar surface area (TPSA) is 87.2 Å². The number of pyridine rings is 1. The summed E-state index contributed by atoms with van der Waals surface area (Å²) in [5.41, 5.74) is 0.129. The summed E-state index contributed by atoms with van der Waals surface area (Å²) in [5, 5.41) is 3.95. The fourth-order valence-corrected chi connectivity index (χ4v) is 3.50. The first-order chi connectivity index (χ1) is 14.6. The average Bonchev–Trinajstić information content (AvgIpc) is 3.38. The van der Waals surface area contributed by atoms with Gasteiger partial charge in [0.15, 0.2) is 5.82 Å². The minimum atomic E-state index is -0.803. The standard InChI is InChI=1S/C19H17F2N6O2S/c1-2-30-25-8-14-9-26(19(28)29-14)13-5-15(20)18(16(21)6-13)12-3-4-17(23-7-12)27-11-22-10-24-27/h3-7,10-11,14H,2,8-9H2,1H3/t14-/m1/s1. The van der Waals surface area contributed by atoms with Crippen LogP contribution in [0.1, 0.15) is 6.92 Å². The molecule has 0 unspecified atom stereocenters. The fourth-order valence-electron chi connectivity index (χ4n) is 3.04. The summed E-state index contributed by atoms with van der Waals surface area (Å²) < 4.78 is 40.5. The van der Waals surface area contributed by atoms with Gasteiger partial charge < -0.3 is 4.74 Å². The van der Waals surface area contributed by atoms with Gasteiger partial charge in [-0.1, -0.05) is 18.9 Å². The first kappa shape index (κ1) is 20.2. The summed E-state index contributed by atoms with van der Waals surface area (Å²) in [4.78, 5) is 21.3. The Balaban J connectivity index is 1.54. The zero-order valence-corrected chi connectivity index (χ0v) is 16.7. The summed E-state index contributed by atoms with van der Waals surface area (Å²) in [6, 6.07) is 5.35. The van der Waals surface area contributed by atoms with Gasteiger partial charge in [0.25, 0.3) is 0 Å². The highest BCUT2D eigenvalue weighted by atomic mass is 32.2. The lowest BCUT2D eigenvalue weighted by molar-refractivity contribution is 0.143. The van der Waals surface area contributed by atoms with Gasteiger partial charge in [-0.15, -0.1) is 0 Å². The number of halogens is 2. The van der Waals surface area contributed by atoms with Crippen LogP contribution < -0.4 is 9.62 Å². The minimum Gasteiger partial charge on any atom is -0.442 e. The third kappa shape index (κ3) is 4.12. The lowest BCUT2D eigenvalue weighted by atomic mass is 10.1. The maximum absolute atomic E-state index is 14.8. The van der Waals surface area contributed by atoms with E-state index in [0.29, 0.717) is 12.4 Å². The molecule has 1 fully saturated rings. The van der Waals surface area contributed by atoms with Crippen LogP contribution in [0.3, 0.4) is 0 Å². The highest BCUT2D eigenvalue weighted by Gasteiger charge is 2.33. The maximum Gasteiger partial charge on any atom is 0.414 e. The predicted molar refractivity (Wildman–Crippen MR) is 107 cm³/mol. The summed E-state index contributed by atoms with van der Waals surface area (Å²) in [6.07, 6.45) is 3.08. The molecule has 155 valence electrons. The van der Waals surface area contributed by atoms with Crippen LogP contribution in [-0.4, -0.2) is 50.8 Å². The first-order valence-electron chi connectivity index (χ1n) is 9.14. The van der Waals surface area contributed by atoms with Crippen LogP contribution in [0.15, 0.2) is 43.1 Å². The monoisotopic (exact) mass is 431 g/mol. The summed E-state index contributed by atoms with van der Waals surface area (Å²) in [6.45, 7) is 2.47. The smallest absolute Gasteiger partial charge is 0.414 e. The molecule has 0 spiro atoms. The quantitative estimate of drug-likeness (QED) is 0.422. The molecular weight excluding hydrogens is 414 g/mol. The molecule has 8 nitrogen and oxygen atoms in total. The van der Waals surface area contributed by atoms with Crippen molar-refractivity contribution in [2.24, 2.45) is 0 Å². The number of benzene rings is 1. The molecule has 11 heteroatoms. The number of anilines is 1. The zero-order valence-electron chi connectivity index (χ0n) is 15.9. The van der Waals surface area contributed by atoms with Gasteiger partial charge in [0, 0.05) is 17.5 Å². The molecule has 3 heterocycles. The van der Waals surface area contributed by atoms with E-state index in [9.17, 15) is 13.6 Å². The van der Waals surface area contributed by atoms with Gasteiger partial charge in [-0.2, -0.15) is 9.82 Å². The van der Waals surface area contributed by atoms with Crippen molar-refractivity contribution in [1.29, 1.82) is 0 Å². The number of aromatic nitrogens is 4. The van der Waals surface area contributed by atoms with E-state index in [0.717, 1.165) is 17.9 Å². The van der Waals surface area contributed by atoms with Crippen molar-refractivity contribution in [2.75, 3.05) is 23.7 Å². The second-order valence-corrected chi connectivity index (χ2v) is 7.47. The largest absolute Gasteiger partial charge is 0.442 e. The Morgan fingerprint density at radius 2 is 2.10 bits per heavy atom. The molecule has 30 heavy (non-hydrogen) atoms. The van der Waals surface area contributed by atoms with Crippen LogP contribution in [0.25, 0.3) is 16.9 Å². The average molecular weight is 431 g/mol. The third-order valence-electron chi connectivity index (χ3n) is 4.40. The van der Waals surface area contributed by atoms with Crippen molar-refractivity contribution in [3.05, 3.63) is 54.8 Å². The van der Waals surface area contributed by atoms with Gasteiger partial charge >= 0.3 is 6.09 Å². The second-order valence-electron chi connectivity index (χ2n) is 6.38. The van der Waals surface area contributed by atoms with Crippen molar-refractivity contribution in [1.82, 2.24) is 24.5 Å². The summed E-state index contributed by atoms with van der Waals surface area (Å²) in [5.74, 6) is -0.325. The molecule has 1 aromatic carbocycles. The second kappa shape index (κ2) is 8.76. The molecule has 4 rings (SSSR count). The molecule has 0 N–H and O–H groups in total. The molecule has 1 aliphatic heterocycles. The molecule has 1 aliphatic rings. The lowest BCUT2D eigenvalue weighted by Gasteiger charge is -2.15. The van der Waals surface area contributed by atoms with E-state index in [4.69, 9.17) is 4.74 Å². The number of rotatable bonds is 7. The highest BCUT2D eigenvalue weighted by molar-refractivity contribution is 7.97. The van der Waals surface area contributed by atoms with Crippen molar-refractivity contribution >= 4 is 23.7 Å². The van der Waals surface area contributed by atoms with Gasteiger partial charge in [0.2, 0.25) is 0 Å². The van der Waals surface area contributed by atoms with Crippen LogP contribution in [0.4, 0.5) is 19.3 Å². The SMILES string of the molecule is CCS[N]C[C@@H]1CN(c2cc(F)c(-c3ccc(-n4cncn4)nc3)c(F)c2)C(=O)O1. The van der Waals surface area contributed by atoms with Crippen LogP contribution in [-0.2, 0) is 4.74 Å². The number of hydrogen-bond donors (Lipinski definition) is 0. The molecule has 3 aromatic rings. The minimum absolute atomic E-state index is 0.0941. The third-order valence-corrected chi connectivity index (χ3v) is 4.99. The first-order valence-corrected chi connectivity index (χ1v) is 10.1. The summed E-state index contributed by atoms with van der Waals surface area (Å²) in [7, 11) is 0. The van der Waals surface area contributed by atoms with E-state index in [1.54, 1.807) is 6.07 Å². The number of hydrogen-bond acceptors (Lipinski definition) is 6. The van der Waals surface area contributed by atoms with Gasteiger partial charge in [-0.25, -0.2) is 28.2 Å². The molecule has 0 aliphatic carbocycles. The fraction of sp³-hybridized carbons (Fsp3) is 0.263. The number of ether oxygens (including phenoxy) is 1. The molecule has 2 aromatic heterocycles. The van der Waals surface area contributed by atoms with Gasteiger partial charge in [-0.05, 0) is 24.3 Å². The number of cyclic esters (lactones) is 1. The normalized spacial score (nSPS) is 16.2. The Hall–Kier alpha value is -3.05. The van der Waals surface area contributed by atoms with Crippen LogP contribution in [0.2, 0.25) is 0 Å². The van der Waals surface area contributed by atoms with Crippen LogP contribution in [0.5, 0.6) is 0 Å². The van der Waals surface area contributed by atoms with E-state index in [1.165, 1.54) is 46.4 Å². The molecule has 1 radical (unpaired) electrons. The molecule has 0 saturated carbocycles. The lowest BCUT2D eigenvalue weighted by Crippen LogP contribution is -2.27. The Morgan fingerprint density at radius 3 is 2.73 bits per heavy atom. The summed E-state index contributed by atoms with van der Waals surface area (Å²) >= 11 is 1.38. The van der Waals surface area contributed by atoms with Crippen molar-refractivity contribution in [3.8, 4) is 16.9 Å². The van der Waals surface area contributed by atoms with Crippen molar-refractivity contribution in [3.63, 3.8) is 0 Å². The number of nitrogens with zero attached hydrogens (tertiary/aromatic N) is 6. The Labute approximate surface area is 175 Å². The molecular formula is C19H17F2N6O2S. The maximum atomic E-state index is 14.8. The van der Waals surface area contributed by atoms with E-state index in [2.05, 4.69) is 19.8 Å². The number of carbonyl (C=O) groups is 1.